The number of nitrogens with two attached hydrogens (primary N) is 1. The zero-order valence-corrected chi connectivity index (χ0v) is 17.1. The van der Waals surface area contributed by atoms with Gasteiger partial charge in [0.25, 0.3) is 5.56 Å². The number of anilines is 1. The Morgan fingerprint density at radius 2 is 1.91 bits per heavy atom. The smallest absolute Gasteiger partial charge is 0.272 e. The van der Waals surface area contributed by atoms with E-state index in [9.17, 15) is 13.6 Å². The summed E-state index contributed by atoms with van der Waals surface area (Å²) in [5, 5.41) is 12.1. The van der Waals surface area contributed by atoms with Crippen molar-refractivity contribution in [3.8, 4) is 22.3 Å². The van der Waals surface area contributed by atoms with Crippen LogP contribution in [-0.2, 0) is 7.05 Å². The molecule has 0 aliphatic rings. The maximum atomic E-state index is 14.5. The van der Waals surface area contributed by atoms with Crippen LogP contribution in [0.5, 0.6) is 0 Å². The van der Waals surface area contributed by atoms with Crippen molar-refractivity contribution in [3.05, 3.63) is 71.0 Å². The fourth-order valence-corrected chi connectivity index (χ4v) is 4.35. The van der Waals surface area contributed by atoms with E-state index in [1.807, 2.05) is 18.3 Å². The highest BCUT2D eigenvalue weighted by atomic mass is 19.2. The van der Waals surface area contributed by atoms with E-state index in [2.05, 4.69) is 25.3 Å². The summed E-state index contributed by atoms with van der Waals surface area (Å²) < 4.78 is 30.6. The van der Waals surface area contributed by atoms with Crippen molar-refractivity contribution in [2.75, 3.05) is 5.73 Å². The molecule has 162 valence electrons. The third kappa shape index (κ3) is 2.67. The van der Waals surface area contributed by atoms with E-state index in [0.717, 1.165) is 17.2 Å². The molecule has 0 unspecified atom stereocenters. The minimum atomic E-state index is -1.08. The molecule has 0 saturated carbocycles. The number of halogens is 2. The second-order valence-electron chi connectivity index (χ2n) is 7.77. The predicted octanol–water partition coefficient (Wildman–Crippen LogP) is 3.88. The average molecular weight is 443 g/mol. The highest BCUT2D eigenvalue weighted by molar-refractivity contribution is 6.17. The van der Waals surface area contributed by atoms with Crippen molar-refractivity contribution in [1.29, 1.82) is 0 Å². The van der Waals surface area contributed by atoms with Gasteiger partial charge in [0.05, 0.1) is 23.4 Å². The predicted molar refractivity (Wildman–Crippen MR) is 121 cm³/mol. The first-order valence-electron chi connectivity index (χ1n) is 9.97. The van der Waals surface area contributed by atoms with Crippen LogP contribution in [0.25, 0.3) is 55.0 Å². The standard InChI is InChI=1S/C23H15F2N7O/c1-32-9-10(7-29-32)12-5-14-17(13-6-16(24)18(25)22-15(13)8-28-31-22)19(26)23(33)30-21(14)11-3-2-4-27-20(11)12/h2-9H,26H2,1H3,(H,28,31)(H,30,33). The van der Waals surface area contributed by atoms with E-state index < -0.39 is 17.2 Å². The first-order chi connectivity index (χ1) is 15.9. The molecule has 33 heavy (non-hydrogen) atoms. The van der Waals surface area contributed by atoms with Gasteiger partial charge in [-0.3, -0.25) is 19.6 Å². The number of fused-ring (bicyclic) bond motifs is 4. The fraction of sp³-hybridized carbons (Fsp3) is 0.0435. The molecule has 6 aromatic rings. The number of aryl methyl sites for hydroxylation is 1. The van der Waals surface area contributed by atoms with Crippen LogP contribution in [0.4, 0.5) is 14.5 Å². The molecule has 0 aliphatic carbocycles. The monoisotopic (exact) mass is 443 g/mol. The Labute approximate surface area is 183 Å². The summed E-state index contributed by atoms with van der Waals surface area (Å²) in [4.78, 5) is 20.2. The normalized spacial score (nSPS) is 11.7. The zero-order chi connectivity index (χ0) is 22.9. The number of aromatic amines is 2. The molecular weight excluding hydrogens is 428 g/mol. The molecule has 0 aliphatic heterocycles. The number of hydrogen-bond acceptors (Lipinski definition) is 5. The first-order valence-corrected chi connectivity index (χ1v) is 9.97. The van der Waals surface area contributed by atoms with E-state index in [-0.39, 0.29) is 22.3 Å². The molecule has 0 saturated heterocycles. The van der Waals surface area contributed by atoms with Crippen molar-refractivity contribution < 1.29 is 8.78 Å². The molecule has 4 aromatic heterocycles. The zero-order valence-electron chi connectivity index (χ0n) is 17.1. The highest BCUT2D eigenvalue weighted by Crippen LogP contribution is 2.41. The molecule has 10 heteroatoms. The van der Waals surface area contributed by atoms with Gasteiger partial charge in [-0.15, -0.1) is 0 Å². The quantitative estimate of drug-likeness (QED) is 0.351. The Balaban J connectivity index is 1.84. The van der Waals surface area contributed by atoms with Gasteiger partial charge < -0.3 is 10.7 Å². The number of aromatic nitrogens is 6. The average Bonchev–Trinajstić information content (AvgIpc) is 3.47. The second kappa shape index (κ2) is 6.70. The lowest BCUT2D eigenvalue weighted by Gasteiger charge is -2.15. The number of nitrogens with zero attached hydrogens (tertiary/aromatic N) is 4. The second-order valence-corrected chi connectivity index (χ2v) is 7.77. The minimum absolute atomic E-state index is 0.104. The molecule has 0 fully saturated rings. The maximum absolute atomic E-state index is 14.5. The van der Waals surface area contributed by atoms with Crippen LogP contribution in [0.2, 0.25) is 0 Å². The molecule has 0 bridgehead atoms. The Kier molecular flexibility index (Phi) is 3.88. The van der Waals surface area contributed by atoms with Crippen LogP contribution in [0, 0.1) is 11.6 Å². The van der Waals surface area contributed by atoms with Gasteiger partial charge in [0.2, 0.25) is 0 Å². The Morgan fingerprint density at radius 1 is 1.06 bits per heavy atom. The van der Waals surface area contributed by atoms with Crippen molar-refractivity contribution in [1.82, 2.24) is 29.9 Å². The molecule has 6 rings (SSSR count). The van der Waals surface area contributed by atoms with Crippen molar-refractivity contribution in [2.45, 2.75) is 0 Å². The SMILES string of the molecule is Cn1cc(-c2cc3c(-c4cc(F)c(F)c5[nH]ncc45)c(N)c(=O)[nH]c3c3cccnc23)cn1. The number of nitrogens with one attached hydrogen (secondary N) is 2. The summed E-state index contributed by atoms with van der Waals surface area (Å²) in [6.45, 7) is 0. The number of pyridine rings is 2. The largest absolute Gasteiger partial charge is 0.394 e. The first kappa shape index (κ1) is 19.1. The Bertz CT molecular complexity index is 1800. The lowest BCUT2D eigenvalue weighted by molar-refractivity contribution is 0.515. The summed E-state index contributed by atoms with van der Waals surface area (Å²) in [5.74, 6) is -2.13. The molecule has 0 amide bonds. The van der Waals surface area contributed by atoms with Crippen LogP contribution in [0.1, 0.15) is 0 Å². The summed E-state index contributed by atoms with van der Waals surface area (Å²) in [6.07, 6.45) is 6.59. The minimum Gasteiger partial charge on any atom is -0.394 e. The van der Waals surface area contributed by atoms with Crippen molar-refractivity contribution in [3.63, 3.8) is 0 Å². The van der Waals surface area contributed by atoms with Crippen LogP contribution in [-0.4, -0.2) is 29.9 Å². The van der Waals surface area contributed by atoms with Gasteiger partial charge >= 0.3 is 0 Å². The molecule has 0 radical (unpaired) electrons. The molecule has 0 spiro atoms. The number of benzene rings is 2. The third-order valence-electron chi connectivity index (χ3n) is 5.83. The Hall–Kier alpha value is -4.60. The lowest BCUT2D eigenvalue weighted by Crippen LogP contribution is -2.14. The number of hydrogen-bond donors (Lipinski definition) is 3. The summed E-state index contributed by atoms with van der Waals surface area (Å²) in [6, 6.07) is 6.46. The van der Waals surface area contributed by atoms with Gasteiger partial charge in [-0.1, -0.05) is 0 Å². The van der Waals surface area contributed by atoms with Crippen LogP contribution in [0.3, 0.4) is 0 Å². The van der Waals surface area contributed by atoms with Crippen molar-refractivity contribution in [2.24, 2.45) is 7.05 Å². The topological polar surface area (TPSA) is 118 Å². The van der Waals surface area contributed by atoms with Crippen molar-refractivity contribution >= 4 is 38.4 Å². The third-order valence-corrected chi connectivity index (χ3v) is 5.83. The summed E-state index contributed by atoms with van der Waals surface area (Å²) in [7, 11) is 1.80. The summed E-state index contributed by atoms with van der Waals surface area (Å²) in [5.41, 5.74) is 8.73. The number of rotatable bonds is 2. The molecule has 0 atom stereocenters. The van der Waals surface area contributed by atoms with Crippen LogP contribution in [0.15, 0.2) is 53.8 Å². The van der Waals surface area contributed by atoms with Gasteiger partial charge in [-0.05, 0) is 29.8 Å². The number of H-pyrrole nitrogens is 2. The Morgan fingerprint density at radius 3 is 2.70 bits per heavy atom. The molecule has 2 aromatic carbocycles. The molecule has 8 nitrogen and oxygen atoms in total. The van der Waals surface area contributed by atoms with E-state index in [1.165, 1.54) is 6.20 Å². The van der Waals surface area contributed by atoms with Gasteiger partial charge in [0.15, 0.2) is 11.6 Å². The van der Waals surface area contributed by atoms with Crippen LogP contribution < -0.4 is 11.3 Å². The maximum Gasteiger partial charge on any atom is 0.272 e. The highest BCUT2D eigenvalue weighted by Gasteiger charge is 2.22. The molecule has 4 heterocycles. The molecule has 4 N–H and O–H groups in total. The van der Waals surface area contributed by atoms with Crippen LogP contribution >= 0.6 is 0 Å². The van der Waals surface area contributed by atoms with Gasteiger partial charge in [-0.2, -0.15) is 10.2 Å². The fourth-order valence-electron chi connectivity index (χ4n) is 4.35. The van der Waals surface area contributed by atoms with E-state index in [4.69, 9.17) is 5.73 Å². The molecular formula is C23H15F2N7O. The van der Waals surface area contributed by atoms with E-state index in [0.29, 0.717) is 27.2 Å². The summed E-state index contributed by atoms with van der Waals surface area (Å²) >= 11 is 0. The lowest BCUT2D eigenvalue weighted by atomic mass is 9.92. The van der Waals surface area contributed by atoms with Gasteiger partial charge in [-0.25, -0.2) is 8.78 Å². The van der Waals surface area contributed by atoms with E-state index in [1.54, 1.807) is 30.2 Å². The van der Waals surface area contributed by atoms with Gasteiger partial charge in [0.1, 0.15) is 11.2 Å². The number of nitrogen functional groups attached to an aromatic ring is 1. The van der Waals surface area contributed by atoms with Gasteiger partial charge in [0, 0.05) is 52.3 Å². The van der Waals surface area contributed by atoms with E-state index >= 15 is 0 Å².